The molecule has 0 unspecified atom stereocenters. The summed E-state index contributed by atoms with van der Waals surface area (Å²) in [7, 11) is -0.693. The molecule has 1 aromatic heterocycles. The van der Waals surface area contributed by atoms with E-state index in [-0.39, 0.29) is 11.6 Å². The van der Waals surface area contributed by atoms with Gasteiger partial charge in [-0.3, -0.25) is 9.11 Å². The van der Waals surface area contributed by atoms with Gasteiger partial charge in [0, 0.05) is 49.9 Å². The molecule has 1 aliphatic heterocycles. The number of rotatable bonds is 9. The minimum absolute atomic E-state index is 0.235. The van der Waals surface area contributed by atoms with Crippen molar-refractivity contribution in [2.75, 3.05) is 57.0 Å². The second kappa shape index (κ2) is 9.83. The van der Waals surface area contributed by atoms with Crippen molar-refractivity contribution in [3.63, 3.8) is 0 Å². The lowest BCUT2D eigenvalue weighted by atomic mass is 10.0. The third-order valence-corrected chi connectivity index (χ3v) is 7.15. The Morgan fingerprint density at radius 1 is 1.19 bits per heavy atom. The van der Waals surface area contributed by atoms with E-state index in [1.807, 2.05) is 12.4 Å². The molecule has 3 rings (SSSR count). The van der Waals surface area contributed by atoms with Gasteiger partial charge in [0.2, 0.25) is 5.95 Å². The predicted molar refractivity (Wildman–Crippen MR) is 131 cm³/mol. The molecule has 8 heteroatoms. The highest BCUT2D eigenvalue weighted by atomic mass is 32.3. The Kier molecular flexibility index (Phi) is 7.55. The molecule has 2 aromatic rings. The second-order valence-electron chi connectivity index (χ2n) is 9.90. The summed E-state index contributed by atoms with van der Waals surface area (Å²) in [4.78, 5) is 13.6. The molecular weight excluding hydrogens is 427 g/mol. The van der Waals surface area contributed by atoms with Crippen molar-refractivity contribution in [3.05, 3.63) is 47.5 Å². The van der Waals surface area contributed by atoms with Crippen LogP contribution in [-0.4, -0.2) is 77.2 Å². The highest BCUT2D eigenvalue weighted by Crippen LogP contribution is 2.25. The number of benzene rings is 1. The zero-order chi connectivity index (χ0) is 23.4. The summed E-state index contributed by atoms with van der Waals surface area (Å²) >= 11 is 0. The van der Waals surface area contributed by atoms with E-state index in [0.29, 0.717) is 24.0 Å². The van der Waals surface area contributed by atoms with Crippen molar-refractivity contribution >= 4 is 15.0 Å². The molecular formula is C24H37FN4O2S. The maximum absolute atomic E-state index is 14.4. The summed E-state index contributed by atoms with van der Waals surface area (Å²) in [5.41, 5.74) is 1.63. The summed E-state index contributed by atoms with van der Waals surface area (Å²) in [6.07, 6.45) is 11.9. The molecule has 32 heavy (non-hydrogen) atoms. The summed E-state index contributed by atoms with van der Waals surface area (Å²) < 4.78 is 32.7. The molecule has 0 N–H and O–H groups in total. The van der Waals surface area contributed by atoms with E-state index in [1.54, 1.807) is 30.9 Å². The average Bonchev–Trinajstić information content (AvgIpc) is 2.74. The molecule has 2 heterocycles. The predicted octanol–water partition coefficient (Wildman–Crippen LogP) is 3.37. The van der Waals surface area contributed by atoms with E-state index < -0.39 is 9.07 Å². The number of hydrogen-bond donors (Lipinski definition) is 0. The molecule has 178 valence electrons. The Hall–Kier alpha value is -2.06. The molecule has 6 nitrogen and oxygen atoms in total. The normalized spacial score (nSPS) is 16.7. The molecule has 0 saturated carbocycles. The van der Waals surface area contributed by atoms with E-state index in [4.69, 9.17) is 4.74 Å². The highest BCUT2D eigenvalue weighted by molar-refractivity contribution is 8.17. The van der Waals surface area contributed by atoms with Gasteiger partial charge in [0.05, 0.1) is 0 Å². The number of nitrogens with zero attached hydrogens (tertiary/aromatic N) is 4. The van der Waals surface area contributed by atoms with Gasteiger partial charge < -0.3 is 9.64 Å². The largest absolute Gasteiger partial charge is 0.492 e. The van der Waals surface area contributed by atoms with Crippen LogP contribution in [0.4, 0.5) is 10.3 Å². The summed E-state index contributed by atoms with van der Waals surface area (Å²) in [6, 6.07) is 5.33. The SMILES string of the molecule is CCc1cnc(N2CCC(N(C)CCOc3ccc(CS(C)(C)(C)=O)c(F)c3)CC2)nc1. The Balaban J connectivity index is 1.44. The van der Waals surface area contributed by atoms with Crippen molar-refractivity contribution in [1.29, 1.82) is 0 Å². The number of aromatic nitrogens is 2. The number of halogens is 1. The summed E-state index contributed by atoms with van der Waals surface area (Å²) in [6.45, 7) is 5.23. The van der Waals surface area contributed by atoms with Crippen LogP contribution in [0.2, 0.25) is 0 Å². The minimum Gasteiger partial charge on any atom is -0.492 e. The Morgan fingerprint density at radius 3 is 2.41 bits per heavy atom. The van der Waals surface area contributed by atoms with Crippen LogP contribution in [0.3, 0.4) is 0 Å². The first-order chi connectivity index (χ1) is 15.0. The lowest BCUT2D eigenvalue weighted by molar-refractivity contribution is 0.170. The smallest absolute Gasteiger partial charge is 0.225 e. The fraction of sp³-hybridized carbons (Fsp3) is 0.583. The number of anilines is 1. The third-order valence-electron chi connectivity index (χ3n) is 5.86. The molecule has 1 aromatic carbocycles. The molecule has 0 atom stereocenters. The fourth-order valence-corrected chi connectivity index (χ4v) is 5.25. The number of aryl methyl sites for hydroxylation is 1. The van der Waals surface area contributed by atoms with Crippen LogP contribution in [-0.2, 0) is 21.2 Å². The molecule has 0 spiro atoms. The van der Waals surface area contributed by atoms with Crippen LogP contribution in [0.15, 0.2) is 30.6 Å². The van der Waals surface area contributed by atoms with Gasteiger partial charge in [-0.2, -0.15) is 0 Å². The first-order valence-electron chi connectivity index (χ1n) is 11.2. The zero-order valence-corrected chi connectivity index (χ0v) is 20.8. The Morgan fingerprint density at radius 2 is 1.84 bits per heavy atom. The Labute approximate surface area is 191 Å². The van der Waals surface area contributed by atoms with Gasteiger partial charge in [0.1, 0.15) is 18.2 Å². The lowest BCUT2D eigenvalue weighted by Gasteiger charge is -2.36. The van der Waals surface area contributed by atoms with E-state index in [1.165, 1.54) is 6.07 Å². The first kappa shape index (κ1) is 24.6. The van der Waals surface area contributed by atoms with E-state index in [2.05, 4.69) is 33.7 Å². The van der Waals surface area contributed by atoms with Gasteiger partial charge >= 0.3 is 0 Å². The number of hydrogen-bond acceptors (Lipinski definition) is 6. The van der Waals surface area contributed by atoms with Crippen molar-refractivity contribution in [2.24, 2.45) is 0 Å². The molecule has 0 aliphatic carbocycles. The lowest BCUT2D eigenvalue weighted by Crippen LogP contribution is -2.45. The van der Waals surface area contributed by atoms with Crippen molar-refractivity contribution in [2.45, 2.75) is 38.0 Å². The van der Waals surface area contributed by atoms with Crippen molar-refractivity contribution < 1.29 is 13.3 Å². The van der Waals surface area contributed by atoms with E-state index in [0.717, 1.165) is 50.4 Å². The van der Waals surface area contributed by atoms with Gasteiger partial charge in [-0.1, -0.05) is 22.1 Å². The second-order valence-corrected chi connectivity index (χ2v) is 15.6. The van der Waals surface area contributed by atoms with Crippen LogP contribution in [0.5, 0.6) is 5.75 Å². The molecule has 0 bridgehead atoms. The molecule has 1 aliphatic rings. The van der Waals surface area contributed by atoms with Crippen LogP contribution in [0, 0.1) is 5.82 Å². The van der Waals surface area contributed by atoms with Crippen LogP contribution < -0.4 is 9.64 Å². The minimum atomic E-state index is -2.81. The molecule has 1 saturated heterocycles. The van der Waals surface area contributed by atoms with Gasteiger partial charge in [-0.25, -0.2) is 14.4 Å². The number of likely N-dealkylation sites (N-methyl/N-ethyl adjacent to an activating group) is 1. The van der Waals surface area contributed by atoms with Crippen molar-refractivity contribution in [3.8, 4) is 5.75 Å². The molecule has 0 amide bonds. The van der Waals surface area contributed by atoms with Crippen molar-refractivity contribution in [1.82, 2.24) is 14.9 Å². The number of ether oxygens (including phenoxy) is 1. The van der Waals surface area contributed by atoms with Gasteiger partial charge in [-0.05, 0) is 62.3 Å². The maximum atomic E-state index is 14.4. The van der Waals surface area contributed by atoms with Gasteiger partial charge in [-0.15, -0.1) is 0 Å². The standard InChI is InChI=1S/C24H37FN4O2S/c1-6-19-16-26-24(27-17-19)29-11-9-21(10-12-29)28(2)13-14-31-22-8-7-20(23(25)15-22)18-32(3,4,5)30/h7-8,15-17,21H,6,9-14,18H2,1-5H3. The zero-order valence-electron chi connectivity index (χ0n) is 20.0. The Bertz CT molecular complexity index is 957. The van der Waals surface area contributed by atoms with E-state index >= 15 is 0 Å². The average molecular weight is 465 g/mol. The van der Waals surface area contributed by atoms with Crippen LogP contribution >= 0.6 is 0 Å². The van der Waals surface area contributed by atoms with Gasteiger partial charge in [0.25, 0.3) is 0 Å². The molecule has 0 radical (unpaired) electrons. The maximum Gasteiger partial charge on any atom is 0.225 e. The fourth-order valence-electron chi connectivity index (χ4n) is 3.96. The van der Waals surface area contributed by atoms with Crippen LogP contribution in [0.25, 0.3) is 0 Å². The van der Waals surface area contributed by atoms with Gasteiger partial charge in [0.15, 0.2) is 0 Å². The third kappa shape index (κ3) is 7.24. The van der Waals surface area contributed by atoms with Crippen LogP contribution in [0.1, 0.15) is 30.9 Å². The summed E-state index contributed by atoms with van der Waals surface area (Å²) in [5.74, 6) is 1.20. The molecule has 1 fully saturated rings. The van der Waals surface area contributed by atoms with E-state index in [9.17, 15) is 8.60 Å². The number of piperidine rings is 1. The highest BCUT2D eigenvalue weighted by Gasteiger charge is 2.24. The quantitative estimate of drug-likeness (QED) is 0.567. The summed E-state index contributed by atoms with van der Waals surface area (Å²) in [5, 5.41) is 0. The topological polar surface area (TPSA) is 58.6 Å². The monoisotopic (exact) mass is 464 g/mol. The first-order valence-corrected chi connectivity index (χ1v) is 14.6.